The lowest BCUT2D eigenvalue weighted by molar-refractivity contribution is -0.132. The Kier molecular flexibility index (Phi) is 9.71. The van der Waals surface area contributed by atoms with Crippen LogP contribution in [-0.4, -0.2) is 62.2 Å². The minimum absolute atomic E-state index is 0.0181. The fourth-order valence-electron chi connectivity index (χ4n) is 6.42. The average molecular weight is 719 g/mol. The highest BCUT2D eigenvalue weighted by atomic mass is 35.5. The maximum absolute atomic E-state index is 15.2. The molecule has 14 heteroatoms. The van der Waals surface area contributed by atoms with Gasteiger partial charge < -0.3 is 20.6 Å². The molecule has 47 heavy (non-hydrogen) atoms. The van der Waals surface area contributed by atoms with E-state index >= 15 is 4.39 Å². The van der Waals surface area contributed by atoms with Gasteiger partial charge in [0.2, 0.25) is 5.91 Å². The molecule has 0 aliphatic carbocycles. The van der Waals surface area contributed by atoms with Gasteiger partial charge in [-0.3, -0.25) is 14.7 Å². The van der Waals surface area contributed by atoms with Crippen LogP contribution in [0.2, 0.25) is 20.1 Å². The van der Waals surface area contributed by atoms with Crippen molar-refractivity contribution in [1.82, 2.24) is 19.8 Å². The number of hydrogen-bond acceptors (Lipinski definition) is 8. The second kappa shape index (κ2) is 13.1. The second-order valence-electron chi connectivity index (χ2n) is 11.9. The fourth-order valence-corrected chi connectivity index (χ4v) is 7.55. The molecule has 1 aromatic carbocycles. The molecule has 246 valence electrons. The Bertz CT molecular complexity index is 1850. The van der Waals surface area contributed by atoms with Gasteiger partial charge in [0.05, 0.1) is 43.5 Å². The summed E-state index contributed by atoms with van der Waals surface area (Å²) in [5.74, 6) is -1.10. The minimum Gasteiger partial charge on any atom is -0.396 e. The maximum Gasteiger partial charge on any atom is 0.246 e. The van der Waals surface area contributed by atoms with Crippen LogP contribution in [0, 0.1) is 24.1 Å². The van der Waals surface area contributed by atoms with Crippen LogP contribution in [0.15, 0.2) is 36.6 Å². The molecule has 1 fully saturated rings. The fraction of sp³-hybridized carbons (Fsp3) is 0.333. The number of rotatable bonds is 5. The number of nitriles is 1. The van der Waals surface area contributed by atoms with Crippen molar-refractivity contribution in [3.8, 4) is 17.3 Å². The average Bonchev–Trinajstić information content (AvgIpc) is 3.02. The van der Waals surface area contributed by atoms with Gasteiger partial charge >= 0.3 is 0 Å². The predicted octanol–water partition coefficient (Wildman–Crippen LogP) is 7.72. The first kappa shape index (κ1) is 34.7. The molecule has 0 spiro atoms. The third-order valence-corrected chi connectivity index (χ3v) is 9.86. The first-order valence-electron chi connectivity index (χ1n) is 14.7. The molecule has 3 N–H and O–H groups in total. The molecule has 5 rings (SSSR count). The zero-order chi connectivity index (χ0) is 34.6. The molecular formula is C33H32Cl4FN7O2. The molecule has 2 aliphatic heterocycles. The Morgan fingerprint density at radius 2 is 1.83 bits per heavy atom. The normalized spacial score (nSPS) is 19.6. The molecule has 1 saturated heterocycles. The number of aliphatic hydroxyl groups excluding tert-OH is 1. The van der Waals surface area contributed by atoms with Gasteiger partial charge in [0.25, 0.3) is 0 Å². The molecule has 0 saturated carbocycles. The van der Waals surface area contributed by atoms with Crippen molar-refractivity contribution in [3.05, 3.63) is 79.3 Å². The summed E-state index contributed by atoms with van der Waals surface area (Å²) >= 11 is 26.0. The number of pyridine rings is 2. The van der Waals surface area contributed by atoms with Crippen molar-refractivity contribution in [2.45, 2.75) is 58.8 Å². The quantitative estimate of drug-likeness (QED) is 0.119. The molecule has 0 radical (unpaired) electrons. The Labute approximate surface area is 292 Å². The summed E-state index contributed by atoms with van der Waals surface area (Å²) < 4.78 is 15.2. The zero-order valence-corrected chi connectivity index (χ0v) is 29.3. The van der Waals surface area contributed by atoms with Gasteiger partial charge in [-0.05, 0) is 50.5 Å². The minimum atomic E-state index is -1.53. The van der Waals surface area contributed by atoms with Gasteiger partial charge in [0.1, 0.15) is 22.5 Å². The molecular weight excluding hydrogens is 687 g/mol. The van der Waals surface area contributed by atoms with E-state index in [-0.39, 0.29) is 62.3 Å². The topological polar surface area (TPSA) is 123 Å². The molecule has 4 heterocycles. The van der Waals surface area contributed by atoms with Crippen LogP contribution in [0.5, 0.6) is 0 Å². The van der Waals surface area contributed by atoms with Crippen molar-refractivity contribution in [3.63, 3.8) is 0 Å². The summed E-state index contributed by atoms with van der Waals surface area (Å²) in [4.78, 5) is 27.4. The Balaban J connectivity index is 1.84. The van der Waals surface area contributed by atoms with Crippen molar-refractivity contribution >= 4 is 75.2 Å². The number of benzene rings is 1. The first-order chi connectivity index (χ1) is 22.2. The smallest absolute Gasteiger partial charge is 0.246 e. The van der Waals surface area contributed by atoms with Crippen molar-refractivity contribution in [2.24, 2.45) is 0 Å². The summed E-state index contributed by atoms with van der Waals surface area (Å²) in [6.45, 7) is 13.9. The highest BCUT2D eigenvalue weighted by Gasteiger charge is 2.42. The van der Waals surface area contributed by atoms with Crippen LogP contribution in [0.3, 0.4) is 0 Å². The van der Waals surface area contributed by atoms with Crippen LogP contribution >= 0.6 is 46.4 Å². The second-order valence-corrected chi connectivity index (χ2v) is 13.5. The number of amides is 1. The Hall–Kier alpha value is -3.59. The zero-order valence-electron chi connectivity index (χ0n) is 26.2. The van der Waals surface area contributed by atoms with Gasteiger partial charge in [0, 0.05) is 42.5 Å². The van der Waals surface area contributed by atoms with Gasteiger partial charge in [-0.25, -0.2) is 9.37 Å². The van der Waals surface area contributed by atoms with Crippen molar-refractivity contribution < 1.29 is 14.3 Å². The summed E-state index contributed by atoms with van der Waals surface area (Å²) in [7, 11) is 0. The number of halogens is 5. The number of carbonyl (C=O) groups is 1. The number of carbonyl (C=O) groups excluding carboxylic acids is 1. The molecule has 2 aliphatic rings. The predicted molar refractivity (Wildman–Crippen MR) is 185 cm³/mol. The number of aromatic nitrogens is 2. The number of nitrogens with zero attached hydrogens (tertiary/aromatic N) is 6. The van der Waals surface area contributed by atoms with E-state index in [0.717, 1.165) is 5.56 Å². The number of fused-ring (bicyclic) bond motifs is 1. The third kappa shape index (κ3) is 5.68. The molecule has 1 unspecified atom stereocenters. The van der Waals surface area contributed by atoms with E-state index in [1.807, 2.05) is 39.5 Å². The lowest BCUT2D eigenvalue weighted by atomic mass is 9.94. The number of aryl methyl sites for hydroxylation is 1. The number of nitrogen functional groups attached to an aromatic ring is 1. The van der Waals surface area contributed by atoms with E-state index in [1.165, 1.54) is 11.0 Å². The van der Waals surface area contributed by atoms with Gasteiger partial charge in [-0.1, -0.05) is 66.8 Å². The summed E-state index contributed by atoms with van der Waals surface area (Å²) in [6, 6.07) is 5.05. The molecule has 2 aromatic heterocycles. The molecule has 1 amide bonds. The summed E-state index contributed by atoms with van der Waals surface area (Å²) in [5, 5.41) is 21.7. The Morgan fingerprint density at radius 1 is 1.19 bits per heavy atom. The largest absolute Gasteiger partial charge is 0.396 e. The summed E-state index contributed by atoms with van der Waals surface area (Å²) in [5.41, 5.74) is 8.47. The van der Waals surface area contributed by atoms with Crippen molar-refractivity contribution in [1.29, 1.82) is 5.26 Å². The number of aliphatic hydroxyl groups is 1. The third-order valence-electron chi connectivity index (χ3n) is 8.46. The molecule has 3 aromatic rings. The SMILES string of the molecule is C=CC(=O)N1[C@H](C)CN(C2=C(C#N)C(O)N(c3c(C)ccnc3C(C)C)c3nc(-c4c(Cl)c(N)c(Cl)c(F)c4Cl)c(Cl)cc32)C[C@@H]1C. The number of nitrogens with two attached hydrogens (primary N) is 1. The molecule has 3 atom stereocenters. The number of piperazine rings is 1. The number of hydrogen-bond donors (Lipinski definition) is 2. The van der Waals surface area contributed by atoms with Crippen LogP contribution in [0.25, 0.3) is 17.0 Å². The van der Waals surface area contributed by atoms with E-state index < -0.39 is 22.1 Å². The van der Waals surface area contributed by atoms with E-state index in [9.17, 15) is 15.2 Å². The number of anilines is 3. The monoisotopic (exact) mass is 717 g/mol. The van der Waals surface area contributed by atoms with Crippen LogP contribution in [0.4, 0.5) is 21.6 Å². The van der Waals surface area contributed by atoms with E-state index in [2.05, 4.69) is 17.6 Å². The van der Waals surface area contributed by atoms with E-state index in [0.29, 0.717) is 35.7 Å². The highest BCUT2D eigenvalue weighted by Crippen LogP contribution is 2.50. The first-order valence-corrected chi connectivity index (χ1v) is 16.3. The van der Waals surface area contributed by atoms with Gasteiger partial charge in [-0.15, -0.1) is 0 Å². The summed E-state index contributed by atoms with van der Waals surface area (Å²) in [6.07, 6.45) is 1.42. The molecule has 9 nitrogen and oxygen atoms in total. The lowest BCUT2D eigenvalue weighted by Crippen LogP contribution is -2.58. The molecule has 0 bridgehead atoms. The standard InChI is InChI=1S/C33H32Cl4FN7O2/c1-7-21(46)44-16(5)12-43(13-17(44)6)31-18-10-20(34)29(22-23(35)26(38)25(37)27(40)24(22)36)42-32(18)45(33(47)19(31)11-39)30-15(4)8-9-41-28(30)14(2)3/h7-10,14,16-17,33,47H,1,12-13,40H2,2-6H3/t16-,17+,33?. The van der Waals surface area contributed by atoms with Crippen LogP contribution in [-0.2, 0) is 4.79 Å². The lowest BCUT2D eigenvalue weighted by Gasteiger charge is -2.48. The van der Waals surface area contributed by atoms with E-state index in [4.69, 9.17) is 57.1 Å². The van der Waals surface area contributed by atoms with Gasteiger partial charge in [-0.2, -0.15) is 5.26 Å². The van der Waals surface area contributed by atoms with E-state index in [1.54, 1.807) is 23.2 Å². The maximum atomic E-state index is 15.2. The van der Waals surface area contributed by atoms with Crippen LogP contribution < -0.4 is 10.6 Å². The highest BCUT2D eigenvalue weighted by molar-refractivity contribution is 6.45. The van der Waals surface area contributed by atoms with Crippen LogP contribution in [0.1, 0.15) is 50.4 Å². The Morgan fingerprint density at radius 3 is 2.40 bits per heavy atom. The van der Waals surface area contributed by atoms with Gasteiger partial charge in [0.15, 0.2) is 12.0 Å². The van der Waals surface area contributed by atoms with Crippen molar-refractivity contribution in [2.75, 3.05) is 23.7 Å².